The quantitative estimate of drug-likeness (QED) is 0.810. The van der Waals surface area contributed by atoms with Crippen molar-refractivity contribution in [2.75, 3.05) is 6.54 Å². The number of amides is 1. The summed E-state index contributed by atoms with van der Waals surface area (Å²) in [5, 5.41) is 2.40. The zero-order valence-corrected chi connectivity index (χ0v) is 10.6. The lowest BCUT2D eigenvalue weighted by Crippen LogP contribution is -2.35. The maximum atomic E-state index is 11.9. The van der Waals surface area contributed by atoms with Gasteiger partial charge in [-0.1, -0.05) is 29.8 Å². The number of hydrogen-bond acceptors (Lipinski definition) is 2. The molecule has 0 aromatic heterocycles. The van der Waals surface area contributed by atoms with Crippen molar-refractivity contribution < 1.29 is 18.0 Å². The molecule has 1 atom stereocenters. The van der Waals surface area contributed by atoms with E-state index in [0.29, 0.717) is 5.56 Å². The van der Waals surface area contributed by atoms with E-state index in [0.717, 1.165) is 5.56 Å². The van der Waals surface area contributed by atoms with E-state index in [2.05, 4.69) is 5.32 Å². The molecule has 1 aromatic carbocycles. The Bertz CT molecular complexity index is 415. The molecule has 3 N–H and O–H groups in total. The number of halogens is 3. The summed E-state index contributed by atoms with van der Waals surface area (Å²) in [7, 11) is 0. The Kier molecular flexibility index (Phi) is 5.35. The molecule has 0 heterocycles. The molecule has 1 rings (SSSR count). The minimum atomic E-state index is -4.19. The Morgan fingerprint density at radius 1 is 1.32 bits per heavy atom. The number of carbonyl (C=O) groups excluding carboxylic acids is 1. The van der Waals surface area contributed by atoms with Crippen molar-refractivity contribution in [1.82, 2.24) is 5.32 Å². The minimum absolute atomic E-state index is 0.0299. The van der Waals surface area contributed by atoms with Crippen molar-refractivity contribution in [3.63, 3.8) is 0 Å². The van der Waals surface area contributed by atoms with Crippen molar-refractivity contribution in [3.05, 3.63) is 35.4 Å². The van der Waals surface area contributed by atoms with Crippen molar-refractivity contribution in [1.29, 1.82) is 0 Å². The molecule has 106 valence electrons. The summed E-state index contributed by atoms with van der Waals surface area (Å²) in [6.45, 7) is 1.88. The van der Waals surface area contributed by atoms with Gasteiger partial charge in [-0.25, -0.2) is 0 Å². The lowest BCUT2D eigenvalue weighted by Gasteiger charge is -2.13. The molecule has 1 amide bonds. The summed E-state index contributed by atoms with van der Waals surface area (Å²) in [5.41, 5.74) is 7.40. The van der Waals surface area contributed by atoms with Gasteiger partial charge in [0.15, 0.2) is 0 Å². The summed E-state index contributed by atoms with van der Waals surface area (Å²) in [6.07, 6.45) is -5.24. The first-order valence-corrected chi connectivity index (χ1v) is 5.96. The number of carbonyl (C=O) groups is 1. The van der Waals surface area contributed by atoms with Crippen LogP contribution >= 0.6 is 0 Å². The molecule has 3 nitrogen and oxygen atoms in total. The van der Waals surface area contributed by atoms with Gasteiger partial charge in [-0.3, -0.25) is 4.79 Å². The number of alkyl halides is 3. The smallest absolute Gasteiger partial charge is 0.354 e. The topological polar surface area (TPSA) is 55.1 Å². The Morgan fingerprint density at radius 3 is 2.42 bits per heavy atom. The van der Waals surface area contributed by atoms with Gasteiger partial charge in [0.25, 0.3) is 0 Å². The van der Waals surface area contributed by atoms with Crippen LogP contribution < -0.4 is 11.1 Å². The summed E-state index contributed by atoms with van der Waals surface area (Å²) in [4.78, 5) is 11.6. The number of nitrogens with one attached hydrogen (secondary N) is 1. The van der Waals surface area contributed by atoms with Crippen LogP contribution in [-0.2, 0) is 4.79 Å². The average molecular weight is 274 g/mol. The van der Waals surface area contributed by atoms with E-state index < -0.39 is 24.5 Å². The van der Waals surface area contributed by atoms with E-state index in [4.69, 9.17) is 5.73 Å². The average Bonchev–Trinajstić information content (AvgIpc) is 2.33. The molecule has 1 unspecified atom stereocenters. The van der Waals surface area contributed by atoms with Gasteiger partial charge in [-0.2, -0.15) is 13.2 Å². The Labute approximate surface area is 110 Å². The van der Waals surface area contributed by atoms with Gasteiger partial charge in [0.05, 0.1) is 0 Å². The largest absolute Gasteiger partial charge is 0.389 e. The van der Waals surface area contributed by atoms with Crippen LogP contribution in [0.2, 0.25) is 0 Å². The zero-order chi connectivity index (χ0) is 14.5. The standard InChI is InChI=1S/C13H17F3N2O/c1-9-3-5-10(6-4-9)11(17)12(19)18-8-2-7-13(14,15)16/h3-6,11H,2,7-8,17H2,1H3,(H,18,19). The maximum Gasteiger partial charge on any atom is 0.389 e. The van der Waals surface area contributed by atoms with E-state index in [-0.39, 0.29) is 13.0 Å². The second-order valence-electron chi connectivity index (χ2n) is 4.40. The molecular weight excluding hydrogens is 257 g/mol. The summed E-state index contributed by atoms with van der Waals surface area (Å²) < 4.78 is 35.7. The number of aryl methyl sites for hydroxylation is 1. The molecule has 0 aliphatic carbocycles. The first-order valence-electron chi connectivity index (χ1n) is 5.96. The van der Waals surface area contributed by atoms with E-state index in [1.54, 1.807) is 12.1 Å². The Balaban J connectivity index is 2.39. The third-order valence-corrected chi connectivity index (χ3v) is 2.66. The normalized spacial score (nSPS) is 13.1. The predicted molar refractivity (Wildman–Crippen MR) is 66.4 cm³/mol. The molecule has 0 aliphatic heterocycles. The van der Waals surface area contributed by atoms with Crippen LogP contribution in [-0.4, -0.2) is 18.6 Å². The van der Waals surface area contributed by atoms with Crippen LogP contribution in [0.25, 0.3) is 0 Å². The van der Waals surface area contributed by atoms with Crippen LogP contribution in [0.5, 0.6) is 0 Å². The summed E-state index contributed by atoms with van der Waals surface area (Å²) in [6, 6.07) is 6.26. The van der Waals surface area contributed by atoms with Crippen molar-refractivity contribution in [2.24, 2.45) is 5.73 Å². The van der Waals surface area contributed by atoms with Crippen molar-refractivity contribution in [3.8, 4) is 0 Å². The molecule has 0 bridgehead atoms. The zero-order valence-electron chi connectivity index (χ0n) is 10.6. The van der Waals surface area contributed by atoms with Crippen LogP contribution in [0, 0.1) is 6.92 Å². The monoisotopic (exact) mass is 274 g/mol. The van der Waals surface area contributed by atoms with Crippen LogP contribution in [0.1, 0.15) is 30.0 Å². The molecule has 0 radical (unpaired) electrons. The lowest BCUT2D eigenvalue weighted by molar-refractivity contribution is -0.136. The maximum absolute atomic E-state index is 11.9. The van der Waals surface area contributed by atoms with E-state index >= 15 is 0 Å². The van der Waals surface area contributed by atoms with Crippen molar-refractivity contribution in [2.45, 2.75) is 32.0 Å². The summed E-state index contributed by atoms with van der Waals surface area (Å²) in [5.74, 6) is -0.467. The number of rotatable bonds is 5. The van der Waals surface area contributed by atoms with Gasteiger partial charge in [0.2, 0.25) is 5.91 Å². The molecule has 0 spiro atoms. The van der Waals surface area contributed by atoms with Gasteiger partial charge >= 0.3 is 6.18 Å². The highest BCUT2D eigenvalue weighted by molar-refractivity contribution is 5.82. The highest BCUT2D eigenvalue weighted by Crippen LogP contribution is 2.20. The van der Waals surface area contributed by atoms with Crippen molar-refractivity contribution >= 4 is 5.91 Å². The molecule has 0 fully saturated rings. The Morgan fingerprint density at radius 2 is 1.89 bits per heavy atom. The molecule has 0 saturated carbocycles. The minimum Gasteiger partial charge on any atom is -0.354 e. The second-order valence-corrected chi connectivity index (χ2v) is 4.40. The first kappa shape index (κ1) is 15.5. The number of benzene rings is 1. The molecule has 6 heteroatoms. The van der Waals surface area contributed by atoms with Gasteiger partial charge in [-0.05, 0) is 18.9 Å². The van der Waals surface area contributed by atoms with Crippen LogP contribution in [0.4, 0.5) is 13.2 Å². The first-order chi connectivity index (χ1) is 8.79. The van der Waals surface area contributed by atoms with Crippen LogP contribution in [0.3, 0.4) is 0 Å². The molecule has 0 aliphatic rings. The van der Waals surface area contributed by atoms with Gasteiger partial charge in [-0.15, -0.1) is 0 Å². The fourth-order valence-electron chi connectivity index (χ4n) is 1.54. The van der Waals surface area contributed by atoms with Crippen LogP contribution in [0.15, 0.2) is 24.3 Å². The molecule has 1 aromatic rings. The van der Waals surface area contributed by atoms with E-state index in [9.17, 15) is 18.0 Å². The molecule has 0 saturated heterocycles. The third-order valence-electron chi connectivity index (χ3n) is 2.66. The summed E-state index contributed by atoms with van der Waals surface area (Å²) >= 11 is 0. The third kappa shape index (κ3) is 5.74. The highest BCUT2D eigenvalue weighted by atomic mass is 19.4. The number of nitrogens with two attached hydrogens (primary N) is 1. The predicted octanol–water partition coefficient (Wildman–Crippen LogP) is 2.45. The lowest BCUT2D eigenvalue weighted by atomic mass is 10.1. The van der Waals surface area contributed by atoms with E-state index in [1.165, 1.54) is 0 Å². The molecule has 19 heavy (non-hydrogen) atoms. The van der Waals surface area contributed by atoms with Gasteiger partial charge < -0.3 is 11.1 Å². The second kappa shape index (κ2) is 6.56. The SMILES string of the molecule is Cc1ccc(C(N)C(=O)NCCCC(F)(F)F)cc1. The highest BCUT2D eigenvalue weighted by Gasteiger charge is 2.26. The Hall–Kier alpha value is -1.56. The molecular formula is C13H17F3N2O. The van der Waals surface area contributed by atoms with Gasteiger partial charge in [0, 0.05) is 13.0 Å². The number of hydrogen-bond donors (Lipinski definition) is 2. The fraction of sp³-hybridized carbons (Fsp3) is 0.462. The van der Waals surface area contributed by atoms with Gasteiger partial charge in [0.1, 0.15) is 6.04 Å². The van der Waals surface area contributed by atoms with E-state index in [1.807, 2.05) is 19.1 Å². The fourth-order valence-corrected chi connectivity index (χ4v) is 1.54.